The number of hydrogen-bond acceptors (Lipinski definition) is 8. The van der Waals surface area contributed by atoms with Crippen LogP contribution in [0.3, 0.4) is 0 Å². The molecule has 0 saturated carbocycles. The lowest BCUT2D eigenvalue weighted by atomic mass is 10.1. The highest BCUT2D eigenvalue weighted by atomic mass is 19.1. The van der Waals surface area contributed by atoms with Crippen molar-refractivity contribution in [3.05, 3.63) is 67.0 Å². The number of hydrogen-bond donors (Lipinski definition) is 3. The summed E-state index contributed by atoms with van der Waals surface area (Å²) in [6.45, 7) is 2.92. The predicted molar refractivity (Wildman–Crippen MR) is 158 cm³/mol. The van der Waals surface area contributed by atoms with Crippen LogP contribution in [0, 0.1) is 5.82 Å². The van der Waals surface area contributed by atoms with Crippen LogP contribution in [0.4, 0.5) is 10.1 Å². The molecule has 5 heterocycles. The summed E-state index contributed by atoms with van der Waals surface area (Å²) in [5.41, 5.74) is 6.36. The third-order valence-corrected chi connectivity index (χ3v) is 6.65. The summed E-state index contributed by atoms with van der Waals surface area (Å²) >= 11 is 0. The van der Waals surface area contributed by atoms with Crippen molar-refractivity contribution in [1.82, 2.24) is 40.0 Å². The van der Waals surface area contributed by atoms with Crippen molar-refractivity contribution in [3.8, 4) is 39.7 Å². The fourth-order valence-corrected chi connectivity index (χ4v) is 4.53. The number of rotatable bonds is 9. The topological polar surface area (TPSA) is 138 Å². The van der Waals surface area contributed by atoms with Gasteiger partial charge in [-0.2, -0.15) is 5.10 Å². The zero-order chi connectivity index (χ0) is 29.2. The Labute approximate surface area is 240 Å². The first kappa shape index (κ1) is 27.0. The molecule has 6 aromatic rings. The van der Waals surface area contributed by atoms with Crippen LogP contribution in [0.15, 0.2) is 61.2 Å². The highest BCUT2D eigenvalue weighted by Gasteiger charge is 2.18. The minimum atomic E-state index is -0.414. The van der Waals surface area contributed by atoms with Crippen LogP contribution < -0.4 is 10.1 Å². The van der Waals surface area contributed by atoms with Crippen LogP contribution in [-0.4, -0.2) is 73.2 Å². The van der Waals surface area contributed by atoms with E-state index in [9.17, 15) is 9.18 Å². The number of pyridine rings is 3. The van der Waals surface area contributed by atoms with Crippen LogP contribution >= 0.6 is 0 Å². The van der Waals surface area contributed by atoms with E-state index < -0.39 is 5.82 Å². The number of carbonyl (C=O) groups excluding carboxylic acids is 1. The van der Waals surface area contributed by atoms with E-state index in [4.69, 9.17) is 14.7 Å². The Bertz CT molecular complexity index is 1910. The van der Waals surface area contributed by atoms with Gasteiger partial charge in [0.15, 0.2) is 11.5 Å². The number of carbonyl (C=O) groups is 1. The molecule has 0 aliphatic rings. The van der Waals surface area contributed by atoms with E-state index in [1.165, 1.54) is 12.1 Å². The average Bonchev–Trinajstić information content (AvgIpc) is 3.60. The Kier molecular flexibility index (Phi) is 7.28. The van der Waals surface area contributed by atoms with Gasteiger partial charge in [-0.05, 0) is 50.0 Å². The molecule has 0 bridgehead atoms. The first-order valence-electron chi connectivity index (χ1n) is 13.4. The number of aromatic nitrogens is 7. The van der Waals surface area contributed by atoms with Crippen LogP contribution in [0.5, 0.6) is 5.75 Å². The molecule has 42 heavy (non-hydrogen) atoms. The fraction of sp³-hybridized carbons (Fsp3) is 0.200. The number of anilines is 1. The van der Waals surface area contributed by atoms with Gasteiger partial charge in [-0.3, -0.25) is 19.9 Å². The number of ether oxygens (including phenoxy) is 1. The number of fused-ring (bicyclic) bond motifs is 2. The standard InChI is InChI=1S/C30H28FN9O2/c1-4-26(41)34-20-10-18(13-32-14-20)23-5-6-24-28(35-23)29(39-38-24)30-36-25-16-33-15-22(27(25)37-30)17-9-19(31)12-21(11-17)42-8-7-40(2)3/h5-6,9-16H,4,7-8H2,1-3H3,(H,34,41)(H,36,37)(H,38,39). The average molecular weight is 566 g/mol. The molecule has 0 radical (unpaired) electrons. The molecule has 1 aromatic carbocycles. The molecule has 5 aromatic heterocycles. The van der Waals surface area contributed by atoms with Gasteiger partial charge in [0.05, 0.1) is 40.3 Å². The summed E-state index contributed by atoms with van der Waals surface area (Å²) in [5, 5.41) is 10.3. The third-order valence-electron chi connectivity index (χ3n) is 6.65. The van der Waals surface area contributed by atoms with Crippen LogP contribution in [0.1, 0.15) is 13.3 Å². The van der Waals surface area contributed by atoms with Gasteiger partial charge in [-0.25, -0.2) is 14.4 Å². The van der Waals surface area contributed by atoms with Gasteiger partial charge in [-0.1, -0.05) is 6.92 Å². The normalized spacial score (nSPS) is 11.5. The largest absolute Gasteiger partial charge is 0.492 e. The van der Waals surface area contributed by atoms with E-state index >= 15 is 0 Å². The first-order chi connectivity index (χ1) is 20.4. The van der Waals surface area contributed by atoms with Crippen LogP contribution in [0.2, 0.25) is 0 Å². The van der Waals surface area contributed by atoms with E-state index in [2.05, 4.69) is 30.5 Å². The molecule has 0 saturated heterocycles. The zero-order valence-corrected chi connectivity index (χ0v) is 23.3. The summed E-state index contributed by atoms with van der Waals surface area (Å²) in [7, 11) is 3.90. The van der Waals surface area contributed by atoms with Crippen molar-refractivity contribution in [1.29, 1.82) is 0 Å². The van der Waals surface area contributed by atoms with Gasteiger partial charge in [0.2, 0.25) is 5.91 Å². The number of likely N-dealkylation sites (N-methyl/N-ethyl adjacent to an activating group) is 1. The molecule has 0 atom stereocenters. The second-order valence-corrected chi connectivity index (χ2v) is 10.0. The molecule has 12 heteroatoms. The molecule has 11 nitrogen and oxygen atoms in total. The van der Waals surface area contributed by atoms with Crippen molar-refractivity contribution in [2.45, 2.75) is 13.3 Å². The summed E-state index contributed by atoms with van der Waals surface area (Å²) in [5.74, 6) is 0.404. The number of nitrogens with zero attached hydrogens (tertiary/aromatic N) is 6. The maximum absolute atomic E-state index is 14.6. The number of aromatic amines is 2. The molecule has 1 amide bonds. The van der Waals surface area contributed by atoms with Gasteiger partial charge < -0.3 is 19.9 Å². The van der Waals surface area contributed by atoms with Crippen molar-refractivity contribution >= 4 is 33.7 Å². The molecule has 212 valence electrons. The summed E-state index contributed by atoms with van der Waals surface area (Å²) in [4.78, 5) is 35.4. The fourth-order valence-electron chi connectivity index (χ4n) is 4.53. The lowest BCUT2D eigenvalue weighted by Gasteiger charge is -2.12. The second-order valence-electron chi connectivity index (χ2n) is 10.0. The summed E-state index contributed by atoms with van der Waals surface area (Å²) in [6, 6.07) is 10.1. The third kappa shape index (κ3) is 5.52. The van der Waals surface area contributed by atoms with E-state index in [1.54, 1.807) is 37.8 Å². The van der Waals surface area contributed by atoms with Crippen molar-refractivity contribution in [2.24, 2.45) is 0 Å². The van der Waals surface area contributed by atoms with Gasteiger partial charge in [0, 0.05) is 42.6 Å². The highest BCUT2D eigenvalue weighted by molar-refractivity contribution is 5.96. The Morgan fingerprint density at radius 3 is 2.67 bits per heavy atom. The Morgan fingerprint density at radius 2 is 1.83 bits per heavy atom. The van der Waals surface area contributed by atoms with Crippen LogP contribution in [0.25, 0.3) is 56.0 Å². The molecule has 0 spiro atoms. The summed E-state index contributed by atoms with van der Waals surface area (Å²) in [6.07, 6.45) is 6.97. The lowest BCUT2D eigenvalue weighted by molar-refractivity contribution is -0.115. The molecule has 0 unspecified atom stereocenters. The Balaban J connectivity index is 1.36. The van der Waals surface area contributed by atoms with Gasteiger partial charge >= 0.3 is 0 Å². The van der Waals surface area contributed by atoms with Crippen molar-refractivity contribution < 1.29 is 13.9 Å². The van der Waals surface area contributed by atoms with Gasteiger partial charge in [0.25, 0.3) is 0 Å². The van der Waals surface area contributed by atoms with Crippen molar-refractivity contribution in [3.63, 3.8) is 0 Å². The quantitative estimate of drug-likeness (QED) is 0.221. The van der Waals surface area contributed by atoms with Crippen molar-refractivity contribution in [2.75, 3.05) is 32.6 Å². The number of H-pyrrole nitrogens is 2. The van der Waals surface area contributed by atoms with Crippen LogP contribution in [-0.2, 0) is 4.79 Å². The summed E-state index contributed by atoms with van der Waals surface area (Å²) < 4.78 is 20.4. The molecule has 6 rings (SSSR count). The number of imidazole rings is 1. The molecular formula is C30H28FN9O2. The van der Waals surface area contributed by atoms with E-state index in [0.717, 1.165) is 11.1 Å². The second kappa shape index (κ2) is 11.3. The maximum atomic E-state index is 14.6. The maximum Gasteiger partial charge on any atom is 0.224 e. The molecule has 0 aliphatic carbocycles. The molecular weight excluding hydrogens is 537 g/mol. The van der Waals surface area contributed by atoms with Gasteiger partial charge in [-0.15, -0.1) is 0 Å². The molecule has 0 fully saturated rings. The zero-order valence-electron chi connectivity index (χ0n) is 23.3. The monoisotopic (exact) mass is 565 g/mol. The Morgan fingerprint density at radius 1 is 0.976 bits per heavy atom. The first-order valence-corrected chi connectivity index (χ1v) is 13.4. The number of halogens is 1. The smallest absolute Gasteiger partial charge is 0.224 e. The number of benzene rings is 1. The van der Waals surface area contributed by atoms with E-state index in [-0.39, 0.29) is 5.91 Å². The minimum absolute atomic E-state index is 0.0976. The van der Waals surface area contributed by atoms with Gasteiger partial charge in [0.1, 0.15) is 23.7 Å². The lowest BCUT2D eigenvalue weighted by Crippen LogP contribution is -2.19. The number of amides is 1. The van der Waals surface area contributed by atoms with E-state index in [0.29, 0.717) is 75.9 Å². The Hall–Kier alpha value is -5.23. The van der Waals surface area contributed by atoms with E-state index in [1.807, 2.05) is 37.2 Å². The molecule has 0 aliphatic heterocycles. The predicted octanol–water partition coefficient (Wildman–Crippen LogP) is 5.05. The minimum Gasteiger partial charge on any atom is -0.492 e. The molecule has 3 N–H and O–H groups in total. The SMILES string of the molecule is CCC(=O)Nc1cncc(-c2ccc3[nH]nc(-c4nc5c(-c6cc(F)cc(OCCN(C)C)c6)cncc5[nH]4)c3n2)c1. The number of nitrogens with one attached hydrogen (secondary N) is 3. The highest BCUT2D eigenvalue weighted by Crippen LogP contribution is 2.33.